The molecule has 1 aliphatic carbocycles. The van der Waals surface area contributed by atoms with E-state index in [1.165, 1.54) is 28.3 Å². The van der Waals surface area contributed by atoms with Crippen LogP contribution in [0.1, 0.15) is 41.6 Å². The van der Waals surface area contributed by atoms with Crippen LogP contribution in [-0.4, -0.2) is 33.9 Å². The van der Waals surface area contributed by atoms with Crippen LogP contribution in [0.3, 0.4) is 0 Å². The predicted octanol–water partition coefficient (Wildman–Crippen LogP) is 2.92. The van der Waals surface area contributed by atoms with Crippen LogP contribution in [0, 0.1) is 6.92 Å². The van der Waals surface area contributed by atoms with Crippen molar-refractivity contribution in [1.29, 1.82) is 0 Å². The second kappa shape index (κ2) is 4.75. The largest absolute Gasteiger partial charge is 0.319 e. The number of nitrogens with zero attached hydrogens (tertiary/aromatic N) is 1. The summed E-state index contributed by atoms with van der Waals surface area (Å²) in [6.45, 7) is 3.05. The van der Waals surface area contributed by atoms with Gasteiger partial charge in [0.25, 0.3) is 0 Å². The molecule has 3 fully saturated rings. The van der Waals surface area contributed by atoms with E-state index in [2.05, 4.69) is 29.3 Å². The van der Waals surface area contributed by atoms with Gasteiger partial charge in [-0.3, -0.25) is 10.1 Å². The lowest BCUT2D eigenvalue weighted by Gasteiger charge is -2.26. The van der Waals surface area contributed by atoms with Gasteiger partial charge in [-0.2, -0.15) is 11.8 Å². The molecule has 3 nitrogen and oxygen atoms in total. The molecule has 2 saturated heterocycles. The van der Waals surface area contributed by atoms with Gasteiger partial charge in [0.05, 0.1) is 0 Å². The molecule has 1 aromatic rings. The first-order chi connectivity index (χ1) is 9.68. The maximum absolute atomic E-state index is 12.7. The molecule has 1 amide bonds. The summed E-state index contributed by atoms with van der Waals surface area (Å²) < 4.78 is 0. The van der Waals surface area contributed by atoms with E-state index in [-0.39, 0.29) is 11.7 Å². The van der Waals surface area contributed by atoms with Gasteiger partial charge in [0.15, 0.2) is 0 Å². The SMILES string of the molecule is Cc1ccc(C2NC3(CC3)C(=O)N2CC2CCCS2)s1. The van der Waals surface area contributed by atoms with E-state index in [0.717, 1.165) is 19.4 Å². The van der Waals surface area contributed by atoms with E-state index in [4.69, 9.17) is 0 Å². The standard InChI is InChI=1S/C15H20N2OS2/c1-10-4-5-12(20-10)13-16-15(6-7-15)14(18)17(13)9-11-3-2-8-19-11/h4-5,11,13,16H,2-3,6-9H2,1H3. The zero-order valence-electron chi connectivity index (χ0n) is 11.7. The average Bonchev–Trinajstić information content (AvgIpc) is 2.79. The van der Waals surface area contributed by atoms with Crippen molar-refractivity contribution in [2.45, 2.75) is 49.6 Å². The molecule has 1 saturated carbocycles. The lowest BCUT2D eigenvalue weighted by molar-refractivity contribution is -0.130. The number of thiophene rings is 1. The van der Waals surface area contributed by atoms with Gasteiger partial charge in [-0.05, 0) is 50.5 Å². The zero-order valence-corrected chi connectivity index (χ0v) is 13.4. The van der Waals surface area contributed by atoms with E-state index >= 15 is 0 Å². The molecule has 0 aromatic carbocycles. The summed E-state index contributed by atoms with van der Waals surface area (Å²) in [5.74, 6) is 1.61. The number of nitrogens with one attached hydrogen (secondary N) is 1. The highest BCUT2D eigenvalue weighted by Crippen LogP contribution is 2.47. The number of rotatable bonds is 3. The molecule has 1 N–H and O–H groups in total. The van der Waals surface area contributed by atoms with Crippen molar-refractivity contribution in [1.82, 2.24) is 10.2 Å². The number of hydrogen-bond acceptors (Lipinski definition) is 4. The number of aryl methyl sites for hydroxylation is 1. The fraction of sp³-hybridized carbons (Fsp3) is 0.667. The number of thioether (sulfide) groups is 1. The Morgan fingerprint density at radius 1 is 1.45 bits per heavy atom. The summed E-state index contributed by atoms with van der Waals surface area (Å²) in [5.41, 5.74) is -0.203. The third kappa shape index (κ3) is 2.11. The Morgan fingerprint density at radius 2 is 2.30 bits per heavy atom. The Morgan fingerprint density at radius 3 is 2.90 bits per heavy atom. The smallest absolute Gasteiger partial charge is 0.244 e. The van der Waals surface area contributed by atoms with Crippen LogP contribution in [-0.2, 0) is 4.79 Å². The minimum absolute atomic E-state index is 0.116. The molecule has 3 aliphatic rings. The van der Waals surface area contributed by atoms with Crippen molar-refractivity contribution in [3.63, 3.8) is 0 Å². The third-order valence-electron chi connectivity index (χ3n) is 4.60. The second-order valence-corrected chi connectivity index (χ2v) is 8.90. The van der Waals surface area contributed by atoms with Crippen LogP contribution < -0.4 is 5.32 Å². The molecule has 3 heterocycles. The normalized spacial score (nSPS) is 31.4. The van der Waals surface area contributed by atoms with Crippen LogP contribution in [0.25, 0.3) is 0 Å². The first-order valence-electron chi connectivity index (χ1n) is 7.45. The number of amides is 1. The van der Waals surface area contributed by atoms with Crippen molar-refractivity contribution in [2.75, 3.05) is 12.3 Å². The molecule has 5 heteroatoms. The zero-order chi connectivity index (χ0) is 13.7. The Bertz CT molecular complexity index is 532. The van der Waals surface area contributed by atoms with Gasteiger partial charge in [0, 0.05) is 21.5 Å². The maximum atomic E-state index is 12.7. The van der Waals surface area contributed by atoms with Crippen molar-refractivity contribution < 1.29 is 4.79 Å². The van der Waals surface area contributed by atoms with Gasteiger partial charge in [-0.1, -0.05) is 0 Å². The van der Waals surface area contributed by atoms with E-state index < -0.39 is 0 Å². The average molecular weight is 308 g/mol. The predicted molar refractivity (Wildman–Crippen MR) is 84.1 cm³/mol. The highest BCUT2D eigenvalue weighted by molar-refractivity contribution is 8.00. The van der Waals surface area contributed by atoms with E-state index in [0.29, 0.717) is 11.2 Å². The summed E-state index contributed by atoms with van der Waals surface area (Å²) in [6, 6.07) is 4.34. The highest BCUT2D eigenvalue weighted by atomic mass is 32.2. The van der Waals surface area contributed by atoms with E-state index in [1.807, 2.05) is 23.1 Å². The summed E-state index contributed by atoms with van der Waals surface area (Å²) in [4.78, 5) is 17.5. The van der Waals surface area contributed by atoms with Gasteiger partial charge in [0.2, 0.25) is 5.91 Å². The summed E-state index contributed by atoms with van der Waals surface area (Å²) in [5, 5.41) is 4.26. The maximum Gasteiger partial charge on any atom is 0.244 e. The molecule has 2 atom stereocenters. The Hall–Kier alpha value is -0.520. The quantitative estimate of drug-likeness (QED) is 0.932. The topological polar surface area (TPSA) is 32.3 Å². The highest BCUT2D eigenvalue weighted by Gasteiger charge is 2.59. The van der Waals surface area contributed by atoms with Gasteiger partial charge < -0.3 is 4.90 Å². The van der Waals surface area contributed by atoms with Crippen LogP contribution in [0.5, 0.6) is 0 Å². The van der Waals surface area contributed by atoms with Crippen molar-refractivity contribution >= 4 is 29.0 Å². The summed E-state index contributed by atoms with van der Waals surface area (Å²) >= 11 is 3.85. The Balaban J connectivity index is 1.59. The minimum Gasteiger partial charge on any atom is -0.319 e. The summed E-state index contributed by atoms with van der Waals surface area (Å²) in [6.07, 6.45) is 4.71. The minimum atomic E-state index is -0.203. The van der Waals surface area contributed by atoms with E-state index in [9.17, 15) is 4.79 Å². The summed E-state index contributed by atoms with van der Waals surface area (Å²) in [7, 11) is 0. The molecule has 108 valence electrons. The fourth-order valence-corrected chi connectivity index (χ4v) is 5.51. The number of carbonyl (C=O) groups excluding carboxylic acids is 1. The van der Waals surface area contributed by atoms with Crippen molar-refractivity contribution in [2.24, 2.45) is 0 Å². The molecule has 0 bridgehead atoms. The molecular weight excluding hydrogens is 288 g/mol. The lowest BCUT2D eigenvalue weighted by atomic mass is 10.2. The first-order valence-corrected chi connectivity index (χ1v) is 9.31. The third-order valence-corrected chi connectivity index (χ3v) is 7.03. The molecule has 1 aromatic heterocycles. The molecule has 0 radical (unpaired) electrons. The first kappa shape index (κ1) is 13.2. The molecule has 2 aliphatic heterocycles. The van der Waals surface area contributed by atoms with Crippen LogP contribution in [0.15, 0.2) is 12.1 Å². The number of carbonyl (C=O) groups is 1. The van der Waals surface area contributed by atoms with Gasteiger partial charge >= 0.3 is 0 Å². The Kier molecular flexibility index (Phi) is 3.13. The van der Waals surface area contributed by atoms with Gasteiger partial charge in [-0.15, -0.1) is 11.3 Å². The second-order valence-electron chi connectivity index (χ2n) is 6.17. The molecular formula is C15H20N2OS2. The lowest BCUT2D eigenvalue weighted by Crippen LogP contribution is -2.36. The number of hydrogen-bond donors (Lipinski definition) is 1. The van der Waals surface area contributed by atoms with Crippen molar-refractivity contribution in [3.8, 4) is 0 Å². The molecule has 20 heavy (non-hydrogen) atoms. The molecule has 1 spiro atoms. The Labute approximate surface area is 128 Å². The fourth-order valence-electron chi connectivity index (χ4n) is 3.30. The van der Waals surface area contributed by atoms with Crippen LogP contribution in [0.2, 0.25) is 0 Å². The van der Waals surface area contributed by atoms with Gasteiger partial charge in [-0.25, -0.2) is 0 Å². The van der Waals surface area contributed by atoms with Crippen molar-refractivity contribution in [3.05, 3.63) is 21.9 Å². The van der Waals surface area contributed by atoms with E-state index in [1.54, 1.807) is 0 Å². The van der Waals surface area contributed by atoms with Crippen LogP contribution in [0.4, 0.5) is 0 Å². The monoisotopic (exact) mass is 308 g/mol. The molecule has 2 unspecified atom stereocenters. The van der Waals surface area contributed by atoms with Crippen LogP contribution >= 0.6 is 23.1 Å². The molecule has 4 rings (SSSR count). The van der Waals surface area contributed by atoms with Gasteiger partial charge in [0.1, 0.15) is 11.7 Å².